The van der Waals surface area contributed by atoms with Gasteiger partial charge in [-0.05, 0) is 24.6 Å². The maximum Gasteiger partial charge on any atom is 0.116 e. The number of H-pyrrole nitrogens is 1. The molecule has 1 aromatic carbocycles. The lowest BCUT2D eigenvalue weighted by molar-refractivity contribution is 0.476. The van der Waals surface area contributed by atoms with Crippen molar-refractivity contribution in [3.63, 3.8) is 0 Å². The van der Waals surface area contributed by atoms with Crippen LogP contribution in [0.3, 0.4) is 0 Å². The third kappa shape index (κ3) is 1.37. The van der Waals surface area contributed by atoms with E-state index in [1.807, 2.05) is 6.07 Å². The van der Waals surface area contributed by atoms with Crippen LogP contribution in [0.2, 0.25) is 0 Å². The highest BCUT2D eigenvalue weighted by molar-refractivity contribution is 5.82. The van der Waals surface area contributed by atoms with Gasteiger partial charge in [-0.2, -0.15) is 5.10 Å². The van der Waals surface area contributed by atoms with E-state index in [4.69, 9.17) is 0 Å². The minimum atomic E-state index is 0.297. The minimum absolute atomic E-state index is 0.297. The van der Waals surface area contributed by atoms with Crippen molar-refractivity contribution in [1.29, 1.82) is 0 Å². The number of aryl methyl sites for hydroxylation is 1. The highest BCUT2D eigenvalue weighted by atomic mass is 16.3. The highest BCUT2D eigenvalue weighted by Gasteiger charge is 2.04. The molecule has 0 aliphatic rings. The average molecular weight is 176 g/mol. The summed E-state index contributed by atoms with van der Waals surface area (Å²) in [6.45, 7) is 2.12. The number of hydrogen-bond donors (Lipinski definition) is 2. The molecule has 0 amide bonds. The van der Waals surface area contributed by atoms with Crippen molar-refractivity contribution in [1.82, 2.24) is 10.2 Å². The van der Waals surface area contributed by atoms with E-state index in [9.17, 15) is 5.11 Å². The average Bonchev–Trinajstić information content (AvgIpc) is 2.49. The van der Waals surface area contributed by atoms with Crippen LogP contribution in [-0.4, -0.2) is 15.3 Å². The highest BCUT2D eigenvalue weighted by Crippen LogP contribution is 2.21. The van der Waals surface area contributed by atoms with Crippen LogP contribution in [0.4, 0.5) is 0 Å². The van der Waals surface area contributed by atoms with Gasteiger partial charge in [0.05, 0.1) is 5.52 Å². The fourth-order valence-corrected chi connectivity index (χ4v) is 1.49. The normalized spacial score (nSPS) is 10.8. The molecule has 0 atom stereocenters. The SMILES string of the molecule is CCCc1[nH]nc2ccc(O)cc12. The Morgan fingerprint density at radius 1 is 1.46 bits per heavy atom. The number of nitrogens with one attached hydrogen (secondary N) is 1. The summed E-state index contributed by atoms with van der Waals surface area (Å²) in [5.74, 6) is 0.297. The predicted molar refractivity (Wildman–Crippen MR) is 51.8 cm³/mol. The Hall–Kier alpha value is -1.51. The maximum atomic E-state index is 9.30. The van der Waals surface area contributed by atoms with Crippen LogP contribution in [0.1, 0.15) is 19.0 Å². The molecule has 0 unspecified atom stereocenters. The van der Waals surface area contributed by atoms with E-state index in [-0.39, 0.29) is 0 Å². The monoisotopic (exact) mass is 176 g/mol. The fourth-order valence-electron chi connectivity index (χ4n) is 1.49. The Balaban J connectivity index is 2.58. The van der Waals surface area contributed by atoms with Crippen LogP contribution in [0.25, 0.3) is 10.9 Å². The molecule has 0 aliphatic heterocycles. The van der Waals surface area contributed by atoms with Gasteiger partial charge in [-0.1, -0.05) is 13.3 Å². The van der Waals surface area contributed by atoms with E-state index in [1.54, 1.807) is 12.1 Å². The van der Waals surface area contributed by atoms with Crippen LogP contribution in [-0.2, 0) is 6.42 Å². The van der Waals surface area contributed by atoms with Crippen molar-refractivity contribution in [2.24, 2.45) is 0 Å². The zero-order valence-corrected chi connectivity index (χ0v) is 7.54. The summed E-state index contributed by atoms with van der Waals surface area (Å²) in [6, 6.07) is 5.23. The number of rotatable bonds is 2. The molecule has 0 aliphatic carbocycles. The number of hydrogen-bond acceptors (Lipinski definition) is 2. The summed E-state index contributed by atoms with van der Waals surface area (Å²) in [5.41, 5.74) is 2.02. The van der Waals surface area contributed by atoms with Crippen LogP contribution >= 0.6 is 0 Å². The molecule has 68 valence electrons. The number of aromatic nitrogens is 2. The molecule has 2 rings (SSSR count). The summed E-state index contributed by atoms with van der Waals surface area (Å²) in [6.07, 6.45) is 2.05. The summed E-state index contributed by atoms with van der Waals surface area (Å²) in [5, 5.41) is 17.5. The number of phenolic OH excluding ortho intramolecular Hbond substituents is 1. The van der Waals surface area contributed by atoms with Gasteiger partial charge in [-0.15, -0.1) is 0 Å². The first kappa shape index (κ1) is 8.10. The van der Waals surface area contributed by atoms with Gasteiger partial charge in [0.1, 0.15) is 5.75 Å². The molecular formula is C10H12N2O. The van der Waals surface area contributed by atoms with Crippen molar-refractivity contribution in [2.75, 3.05) is 0 Å². The van der Waals surface area contributed by atoms with Gasteiger partial charge in [0.2, 0.25) is 0 Å². The van der Waals surface area contributed by atoms with E-state index in [2.05, 4.69) is 17.1 Å². The van der Waals surface area contributed by atoms with Gasteiger partial charge >= 0.3 is 0 Å². The molecule has 1 heterocycles. The lowest BCUT2D eigenvalue weighted by atomic mass is 10.1. The second-order valence-electron chi connectivity index (χ2n) is 3.15. The number of aromatic amines is 1. The van der Waals surface area contributed by atoms with Gasteiger partial charge in [0.15, 0.2) is 0 Å². The summed E-state index contributed by atoms with van der Waals surface area (Å²) in [4.78, 5) is 0. The van der Waals surface area contributed by atoms with E-state index in [1.165, 1.54) is 0 Å². The number of nitrogens with zero attached hydrogens (tertiary/aromatic N) is 1. The molecule has 1 aromatic heterocycles. The first-order chi connectivity index (χ1) is 6.31. The van der Waals surface area contributed by atoms with Crippen molar-refractivity contribution < 1.29 is 5.11 Å². The topological polar surface area (TPSA) is 48.9 Å². The van der Waals surface area contributed by atoms with E-state index < -0.39 is 0 Å². The molecule has 0 fully saturated rings. The van der Waals surface area contributed by atoms with Crippen LogP contribution in [0, 0.1) is 0 Å². The fraction of sp³-hybridized carbons (Fsp3) is 0.300. The standard InChI is InChI=1S/C10H12N2O/c1-2-3-9-8-6-7(13)4-5-10(8)12-11-9/h4-6,13H,2-3H2,1H3,(H,11,12). The van der Waals surface area contributed by atoms with Crippen molar-refractivity contribution in [3.8, 4) is 5.75 Å². The quantitative estimate of drug-likeness (QED) is 0.737. The molecule has 3 nitrogen and oxygen atoms in total. The lowest BCUT2D eigenvalue weighted by Crippen LogP contribution is -1.82. The van der Waals surface area contributed by atoms with E-state index >= 15 is 0 Å². The van der Waals surface area contributed by atoms with Crippen molar-refractivity contribution in [3.05, 3.63) is 23.9 Å². The Labute approximate surface area is 76.4 Å². The van der Waals surface area contributed by atoms with Gasteiger partial charge in [0, 0.05) is 11.1 Å². The molecular weight excluding hydrogens is 164 g/mol. The number of aromatic hydroxyl groups is 1. The summed E-state index contributed by atoms with van der Waals surface area (Å²) in [7, 11) is 0. The Kier molecular flexibility index (Phi) is 1.93. The Morgan fingerprint density at radius 3 is 3.08 bits per heavy atom. The van der Waals surface area contributed by atoms with Crippen LogP contribution < -0.4 is 0 Å². The Bertz CT molecular complexity index is 420. The minimum Gasteiger partial charge on any atom is -0.508 e. The maximum absolute atomic E-state index is 9.30. The van der Waals surface area contributed by atoms with Gasteiger partial charge in [0.25, 0.3) is 0 Å². The van der Waals surface area contributed by atoms with Crippen molar-refractivity contribution >= 4 is 10.9 Å². The molecule has 2 aromatic rings. The third-order valence-electron chi connectivity index (χ3n) is 2.12. The lowest BCUT2D eigenvalue weighted by Gasteiger charge is -1.94. The van der Waals surface area contributed by atoms with Gasteiger partial charge in [-0.25, -0.2) is 0 Å². The molecule has 0 saturated heterocycles. The summed E-state index contributed by atoms with van der Waals surface area (Å²) >= 11 is 0. The second-order valence-corrected chi connectivity index (χ2v) is 3.15. The van der Waals surface area contributed by atoms with Gasteiger partial charge in [-0.3, -0.25) is 5.10 Å². The molecule has 3 heteroatoms. The zero-order chi connectivity index (χ0) is 9.26. The smallest absolute Gasteiger partial charge is 0.116 e. The molecule has 0 bridgehead atoms. The zero-order valence-electron chi connectivity index (χ0n) is 7.54. The molecule has 0 radical (unpaired) electrons. The second kappa shape index (κ2) is 3.09. The first-order valence-corrected chi connectivity index (χ1v) is 4.47. The number of fused-ring (bicyclic) bond motifs is 1. The molecule has 13 heavy (non-hydrogen) atoms. The Morgan fingerprint density at radius 2 is 2.31 bits per heavy atom. The molecule has 0 spiro atoms. The van der Waals surface area contributed by atoms with Crippen molar-refractivity contribution in [2.45, 2.75) is 19.8 Å². The first-order valence-electron chi connectivity index (χ1n) is 4.47. The molecule has 2 N–H and O–H groups in total. The van der Waals surface area contributed by atoms with Crippen LogP contribution in [0.5, 0.6) is 5.75 Å². The largest absolute Gasteiger partial charge is 0.508 e. The van der Waals surface area contributed by atoms with Gasteiger partial charge < -0.3 is 5.11 Å². The predicted octanol–water partition coefficient (Wildman–Crippen LogP) is 2.22. The molecule has 0 saturated carbocycles. The van der Waals surface area contributed by atoms with Crippen LogP contribution in [0.15, 0.2) is 18.2 Å². The van der Waals surface area contributed by atoms with E-state index in [0.29, 0.717) is 5.75 Å². The van der Waals surface area contributed by atoms with E-state index in [0.717, 1.165) is 29.4 Å². The summed E-state index contributed by atoms with van der Waals surface area (Å²) < 4.78 is 0. The number of phenols is 1. The third-order valence-corrected chi connectivity index (χ3v) is 2.12. The number of benzene rings is 1.